The van der Waals surface area contributed by atoms with Crippen LogP contribution in [-0.4, -0.2) is 15.7 Å². The Balaban J connectivity index is 2.05. The molecule has 0 atom stereocenters. The summed E-state index contributed by atoms with van der Waals surface area (Å²) in [7, 11) is 0. The van der Waals surface area contributed by atoms with Gasteiger partial charge < -0.3 is 15.5 Å². The summed E-state index contributed by atoms with van der Waals surface area (Å²) in [6.07, 6.45) is 3.04. The third-order valence-corrected chi connectivity index (χ3v) is 2.57. The summed E-state index contributed by atoms with van der Waals surface area (Å²) < 4.78 is 6.74. The van der Waals surface area contributed by atoms with Crippen LogP contribution in [0.3, 0.4) is 0 Å². The first-order valence-electron chi connectivity index (χ1n) is 5.73. The van der Waals surface area contributed by atoms with Crippen molar-refractivity contribution in [3.63, 3.8) is 0 Å². The molecule has 6 heteroatoms. The van der Waals surface area contributed by atoms with E-state index < -0.39 is 0 Å². The lowest BCUT2D eigenvalue weighted by Crippen LogP contribution is -2.23. The first kappa shape index (κ1) is 12.2. The molecule has 1 amide bonds. The molecule has 0 aliphatic carbocycles. The number of hydrogen-bond donors (Lipinski definition) is 2. The van der Waals surface area contributed by atoms with Crippen molar-refractivity contribution in [1.82, 2.24) is 15.1 Å². The van der Waals surface area contributed by atoms with Crippen molar-refractivity contribution in [2.24, 2.45) is 0 Å². The normalized spacial score (nSPS) is 10.8. The molecule has 0 aromatic carbocycles. The minimum Gasteiger partial charge on any atom is -0.467 e. The summed E-state index contributed by atoms with van der Waals surface area (Å²) in [4.78, 5) is 11.9. The molecule has 0 fully saturated rings. The molecule has 0 bridgehead atoms. The third kappa shape index (κ3) is 2.37. The van der Waals surface area contributed by atoms with Crippen LogP contribution in [0.5, 0.6) is 0 Å². The molecule has 0 spiro atoms. The quantitative estimate of drug-likeness (QED) is 0.859. The van der Waals surface area contributed by atoms with Gasteiger partial charge in [-0.05, 0) is 26.0 Å². The van der Waals surface area contributed by atoms with Crippen molar-refractivity contribution in [2.75, 3.05) is 5.73 Å². The Labute approximate surface area is 105 Å². The van der Waals surface area contributed by atoms with E-state index in [0.717, 1.165) is 0 Å². The molecular weight excluding hydrogens is 232 g/mol. The van der Waals surface area contributed by atoms with E-state index in [4.69, 9.17) is 10.2 Å². The predicted octanol–water partition coefficient (Wildman–Crippen LogP) is 1.57. The molecule has 2 heterocycles. The van der Waals surface area contributed by atoms with E-state index in [1.54, 1.807) is 23.1 Å². The van der Waals surface area contributed by atoms with Crippen molar-refractivity contribution in [3.8, 4) is 0 Å². The predicted molar refractivity (Wildman–Crippen MR) is 66.9 cm³/mol. The molecule has 0 aliphatic heterocycles. The molecule has 0 saturated heterocycles. The van der Waals surface area contributed by atoms with Crippen molar-refractivity contribution in [1.29, 1.82) is 0 Å². The second-order valence-electron chi connectivity index (χ2n) is 4.24. The topological polar surface area (TPSA) is 86.1 Å². The van der Waals surface area contributed by atoms with Crippen molar-refractivity contribution in [2.45, 2.75) is 26.4 Å². The second-order valence-corrected chi connectivity index (χ2v) is 4.24. The molecule has 2 aromatic heterocycles. The van der Waals surface area contributed by atoms with E-state index in [9.17, 15) is 4.79 Å². The van der Waals surface area contributed by atoms with Crippen LogP contribution in [0.2, 0.25) is 0 Å². The Morgan fingerprint density at radius 3 is 2.94 bits per heavy atom. The van der Waals surface area contributed by atoms with Gasteiger partial charge in [-0.3, -0.25) is 4.79 Å². The lowest BCUT2D eigenvalue weighted by Gasteiger charge is -2.08. The molecule has 0 unspecified atom stereocenters. The molecule has 96 valence electrons. The highest BCUT2D eigenvalue weighted by Crippen LogP contribution is 2.15. The van der Waals surface area contributed by atoms with Crippen LogP contribution in [0.4, 0.5) is 5.82 Å². The van der Waals surface area contributed by atoms with E-state index in [1.165, 1.54) is 6.20 Å². The Morgan fingerprint density at radius 1 is 1.61 bits per heavy atom. The number of hydrogen-bond acceptors (Lipinski definition) is 4. The Kier molecular flexibility index (Phi) is 3.36. The maximum absolute atomic E-state index is 11.9. The number of carbonyl (C=O) groups excluding carboxylic acids is 1. The van der Waals surface area contributed by atoms with Gasteiger partial charge >= 0.3 is 0 Å². The highest BCUT2D eigenvalue weighted by atomic mass is 16.3. The molecule has 6 nitrogen and oxygen atoms in total. The number of anilines is 1. The molecule has 0 saturated carbocycles. The monoisotopic (exact) mass is 248 g/mol. The van der Waals surface area contributed by atoms with Crippen LogP contribution in [0, 0.1) is 0 Å². The molecule has 2 aromatic rings. The molecule has 0 radical (unpaired) electrons. The number of nitrogens with two attached hydrogens (primary N) is 1. The first-order chi connectivity index (χ1) is 8.59. The number of aromatic nitrogens is 2. The number of nitrogen functional groups attached to an aromatic ring is 1. The zero-order valence-corrected chi connectivity index (χ0v) is 10.4. The number of nitrogens with one attached hydrogen (secondary N) is 1. The summed E-state index contributed by atoms with van der Waals surface area (Å²) in [5, 5.41) is 6.82. The van der Waals surface area contributed by atoms with Crippen molar-refractivity contribution < 1.29 is 9.21 Å². The maximum Gasteiger partial charge on any atom is 0.257 e. The van der Waals surface area contributed by atoms with Crippen LogP contribution in [-0.2, 0) is 6.54 Å². The summed E-state index contributed by atoms with van der Waals surface area (Å²) >= 11 is 0. The number of rotatable bonds is 4. The zero-order chi connectivity index (χ0) is 13.1. The highest BCUT2D eigenvalue weighted by Gasteiger charge is 2.16. The number of carbonyl (C=O) groups is 1. The SMILES string of the molecule is CC(C)n1ncc(C(=O)NCc2ccco2)c1N. The average Bonchev–Trinajstić information content (AvgIpc) is 2.94. The Bertz CT molecular complexity index is 528. The van der Waals surface area contributed by atoms with Crippen molar-refractivity contribution in [3.05, 3.63) is 35.9 Å². The van der Waals surface area contributed by atoms with E-state index in [0.29, 0.717) is 23.7 Å². The van der Waals surface area contributed by atoms with Gasteiger partial charge in [0.05, 0.1) is 19.0 Å². The first-order valence-corrected chi connectivity index (χ1v) is 5.73. The summed E-state index contributed by atoms with van der Waals surface area (Å²) in [5.41, 5.74) is 6.25. The summed E-state index contributed by atoms with van der Waals surface area (Å²) in [6, 6.07) is 3.69. The number of nitrogens with zero attached hydrogens (tertiary/aromatic N) is 2. The number of amides is 1. The maximum atomic E-state index is 11.9. The van der Waals surface area contributed by atoms with Gasteiger partial charge in [0.2, 0.25) is 0 Å². The molecule has 2 rings (SSSR count). The van der Waals surface area contributed by atoms with Crippen LogP contribution >= 0.6 is 0 Å². The molecular formula is C12H16N4O2. The molecule has 18 heavy (non-hydrogen) atoms. The Morgan fingerprint density at radius 2 is 2.39 bits per heavy atom. The fourth-order valence-corrected chi connectivity index (χ4v) is 1.63. The largest absolute Gasteiger partial charge is 0.467 e. The van der Waals surface area contributed by atoms with Crippen LogP contribution < -0.4 is 11.1 Å². The van der Waals surface area contributed by atoms with E-state index >= 15 is 0 Å². The van der Waals surface area contributed by atoms with Gasteiger partial charge in [0.25, 0.3) is 5.91 Å². The Hall–Kier alpha value is -2.24. The minimum atomic E-state index is -0.254. The van der Waals surface area contributed by atoms with E-state index in [2.05, 4.69) is 10.4 Å². The summed E-state index contributed by atoms with van der Waals surface area (Å²) in [5.74, 6) is 0.816. The van der Waals surface area contributed by atoms with Gasteiger partial charge in [0.15, 0.2) is 0 Å². The van der Waals surface area contributed by atoms with Gasteiger partial charge in [-0.1, -0.05) is 0 Å². The minimum absolute atomic E-state index is 0.122. The van der Waals surface area contributed by atoms with Crippen LogP contribution in [0.15, 0.2) is 29.0 Å². The third-order valence-electron chi connectivity index (χ3n) is 2.57. The molecule has 0 aliphatic rings. The van der Waals surface area contributed by atoms with E-state index in [-0.39, 0.29) is 11.9 Å². The van der Waals surface area contributed by atoms with Crippen LogP contribution in [0.25, 0.3) is 0 Å². The van der Waals surface area contributed by atoms with Gasteiger partial charge in [0, 0.05) is 6.04 Å². The number of furan rings is 1. The lowest BCUT2D eigenvalue weighted by atomic mass is 10.3. The van der Waals surface area contributed by atoms with Gasteiger partial charge in [-0.15, -0.1) is 0 Å². The average molecular weight is 248 g/mol. The smallest absolute Gasteiger partial charge is 0.257 e. The van der Waals surface area contributed by atoms with E-state index in [1.807, 2.05) is 13.8 Å². The van der Waals surface area contributed by atoms with Gasteiger partial charge in [-0.25, -0.2) is 4.68 Å². The standard InChI is InChI=1S/C12H16N4O2/c1-8(2)16-11(13)10(7-15-16)12(17)14-6-9-4-3-5-18-9/h3-5,7-8H,6,13H2,1-2H3,(H,14,17). The molecule has 3 N–H and O–H groups in total. The fourth-order valence-electron chi connectivity index (χ4n) is 1.63. The zero-order valence-electron chi connectivity index (χ0n) is 10.4. The second kappa shape index (κ2) is 4.95. The van der Waals surface area contributed by atoms with Gasteiger partial charge in [-0.2, -0.15) is 5.10 Å². The fraction of sp³-hybridized carbons (Fsp3) is 0.333. The highest BCUT2D eigenvalue weighted by molar-refractivity contribution is 5.98. The summed E-state index contributed by atoms with van der Waals surface area (Å²) in [6.45, 7) is 4.24. The van der Waals surface area contributed by atoms with Crippen LogP contribution in [0.1, 0.15) is 36.0 Å². The lowest BCUT2D eigenvalue weighted by molar-refractivity contribution is 0.0949. The van der Waals surface area contributed by atoms with Gasteiger partial charge in [0.1, 0.15) is 17.1 Å². The van der Waals surface area contributed by atoms with Crippen molar-refractivity contribution >= 4 is 11.7 Å².